The molecule has 0 spiro atoms. The molecule has 0 saturated carbocycles. The Morgan fingerprint density at radius 1 is 1.48 bits per heavy atom. The van der Waals surface area contributed by atoms with Gasteiger partial charge in [0.2, 0.25) is 15.9 Å². The normalized spacial score (nSPS) is 20.4. The number of morpholine rings is 1. The predicted octanol–water partition coefficient (Wildman–Crippen LogP) is 0.105. The highest BCUT2D eigenvalue weighted by Gasteiger charge is 2.38. The Bertz CT molecular complexity index is 677. The summed E-state index contributed by atoms with van der Waals surface area (Å²) in [7, 11) is -3.99. The van der Waals surface area contributed by atoms with Gasteiger partial charge in [-0.25, -0.2) is 8.42 Å². The lowest BCUT2D eigenvalue weighted by atomic mass is 10.2. The van der Waals surface area contributed by atoms with Crippen molar-refractivity contribution in [1.82, 2.24) is 4.31 Å². The Labute approximate surface area is 127 Å². The van der Waals surface area contributed by atoms with Crippen LogP contribution in [-0.2, 0) is 19.6 Å². The number of carbonyl (C=O) groups is 1. The summed E-state index contributed by atoms with van der Waals surface area (Å²) in [5, 5.41) is 0.0522. The van der Waals surface area contributed by atoms with Gasteiger partial charge in [0.05, 0.1) is 18.2 Å². The summed E-state index contributed by atoms with van der Waals surface area (Å²) in [6.45, 7) is 1.86. The molecule has 0 aromatic heterocycles. The second-order valence-electron chi connectivity index (χ2n) is 4.75. The Kier molecular flexibility index (Phi) is 4.43. The van der Waals surface area contributed by atoms with Gasteiger partial charge in [0.1, 0.15) is 10.9 Å². The van der Waals surface area contributed by atoms with Crippen molar-refractivity contribution in [2.75, 3.05) is 25.5 Å². The smallest absolute Gasteiger partial charge is 0.245 e. The van der Waals surface area contributed by atoms with Gasteiger partial charge in [0.25, 0.3) is 0 Å². The molecule has 1 aliphatic rings. The number of ether oxygens (including phenoxy) is 1. The third-order valence-electron chi connectivity index (χ3n) is 3.31. The summed E-state index contributed by atoms with van der Waals surface area (Å²) in [5.74, 6) is -0.769. The maximum atomic E-state index is 12.7. The molecule has 1 aliphatic heterocycles. The zero-order chi connectivity index (χ0) is 15.8. The highest BCUT2D eigenvalue weighted by atomic mass is 35.5. The summed E-state index contributed by atoms with van der Waals surface area (Å²) in [4.78, 5) is 11.3. The van der Waals surface area contributed by atoms with Crippen molar-refractivity contribution in [3.8, 4) is 0 Å². The number of halogens is 1. The highest BCUT2D eigenvalue weighted by molar-refractivity contribution is 7.89. The number of anilines is 1. The van der Waals surface area contributed by atoms with Crippen molar-refractivity contribution >= 4 is 33.2 Å². The first-order valence-electron chi connectivity index (χ1n) is 6.19. The van der Waals surface area contributed by atoms with Crippen LogP contribution in [0.4, 0.5) is 5.69 Å². The standard InChI is InChI=1S/C12H16ClN3O4S/c1-7-4-8(13)11(5-9(7)14)21(18,19)16-2-3-20-6-10(16)12(15)17/h4-5,10H,2-3,6,14H2,1H3,(H2,15,17). The van der Waals surface area contributed by atoms with E-state index in [1.165, 1.54) is 12.1 Å². The maximum Gasteiger partial charge on any atom is 0.245 e. The van der Waals surface area contributed by atoms with E-state index in [0.717, 1.165) is 4.31 Å². The molecule has 1 heterocycles. The SMILES string of the molecule is Cc1cc(Cl)c(S(=O)(=O)N2CCOCC2C(N)=O)cc1N. The van der Waals surface area contributed by atoms with Gasteiger partial charge in [0, 0.05) is 12.2 Å². The first-order valence-corrected chi connectivity index (χ1v) is 8.01. The monoisotopic (exact) mass is 333 g/mol. The first kappa shape index (κ1) is 16.0. The second-order valence-corrected chi connectivity index (χ2v) is 7.01. The lowest BCUT2D eigenvalue weighted by Crippen LogP contribution is -2.54. The van der Waals surface area contributed by atoms with E-state index in [1.807, 2.05) is 0 Å². The number of aryl methyl sites for hydroxylation is 1. The molecule has 1 atom stereocenters. The van der Waals surface area contributed by atoms with Gasteiger partial charge in [-0.1, -0.05) is 11.6 Å². The number of nitrogens with two attached hydrogens (primary N) is 2. The Hall–Kier alpha value is -1.35. The van der Waals surface area contributed by atoms with E-state index in [-0.39, 0.29) is 29.7 Å². The fraction of sp³-hybridized carbons (Fsp3) is 0.417. The number of nitrogens with zero attached hydrogens (tertiary/aromatic N) is 1. The summed E-state index contributed by atoms with van der Waals surface area (Å²) < 4.78 is 31.5. The van der Waals surface area contributed by atoms with E-state index >= 15 is 0 Å². The molecular formula is C12H16ClN3O4S. The van der Waals surface area contributed by atoms with E-state index in [0.29, 0.717) is 11.3 Å². The molecule has 0 radical (unpaired) electrons. The van der Waals surface area contributed by atoms with Gasteiger partial charge in [-0.05, 0) is 24.6 Å². The number of primary amides is 1. The molecule has 1 aromatic carbocycles. The second kappa shape index (κ2) is 5.80. The average Bonchev–Trinajstić information content (AvgIpc) is 2.42. The van der Waals surface area contributed by atoms with E-state index < -0.39 is 22.0 Å². The minimum atomic E-state index is -3.99. The number of hydrogen-bond acceptors (Lipinski definition) is 5. The van der Waals surface area contributed by atoms with Crippen LogP contribution in [0.2, 0.25) is 5.02 Å². The van der Waals surface area contributed by atoms with Gasteiger partial charge >= 0.3 is 0 Å². The van der Waals surface area contributed by atoms with Crippen molar-refractivity contribution in [1.29, 1.82) is 0 Å². The molecule has 1 unspecified atom stereocenters. The molecule has 0 aliphatic carbocycles. The minimum absolute atomic E-state index is 0.0278. The molecule has 2 rings (SSSR count). The molecule has 1 fully saturated rings. The highest BCUT2D eigenvalue weighted by Crippen LogP contribution is 2.30. The van der Waals surface area contributed by atoms with E-state index in [1.54, 1.807) is 6.92 Å². The van der Waals surface area contributed by atoms with Crippen LogP contribution in [0.15, 0.2) is 17.0 Å². The topological polar surface area (TPSA) is 116 Å². The number of hydrogen-bond donors (Lipinski definition) is 2. The van der Waals surface area contributed by atoms with Crippen molar-refractivity contribution in [3.05, 3.63) is 22.7 Å². The molecule has 7 nitrogen and oxygen atoms in total. The number of amides is 1. The van der Waals surface area contributed by atoms with Crippen molar-refractivity contribution in [2.24, 2.45) is 5.73 Å². The van der Waals surface area contributed by atoms with E-state index in [2.05, 4.69) is 0 Å². The molecule has 21 heavy (non-hydrogen) atoms. The fourth-order valence-corrected chi connectivity index (χ4v) is 4.25. The fourth-order valence-electron chi connectivity index (χ4n) is 2.09. The van der Waals surface area contributed by atoms with Gasteiger partial charge in [-0.3, -0.25) is 4.79 Å². The predicted molar refractivity (Wildman–Crippen MR) is 78.3 cm³/mol. The molecule has 1 saturated heterocycles. The van der Waals surface area contributed by atoms with Crippen LogP contribution in [0, 0.1) is 6.92 Å². The minimum Gasteiger partial charge on any atom is -0.398 e. The summed E-state index contributed by atoms with van der Waals surface area (Å²) in [6.07, 6.45) is 0. The number of sulfonamides is 1. The van der Waals surface area contributed by atoms with Crippen molar-refractivity contribution in [3.63, 3.8) is 0 Å². The molecule has 4 N–H and O–H groups in total. The van der Waals surface area contributed by atoms with Crippen LogP contribution in [0.1, 0.15) is 5.56 Å². The Morgan fingerprint density at radius 3 is 2.76 bits per heavy atom. The lowest BCUT2D eigenvalue weighted by molar-refractivity contribution is -0.125. The summed E-state index contributed by atoms with van der Waals surface area (Å²) in [5.41, 5.74) is 12.0. The van der Waals surface area contributed by atoms with Crippen LogP contribution >= 0.6 is 11.6 Å². The van der Waals surface area contributed by atoms with Crippen molar-refractivity contribution in [2.45, 2.75) is 17.9 Å². The van der Waals surface area contributed by atoms with Gasteiger partial charge in [-0.2, -0.15) is 4.31 Å². The average molecular weight is 334 g/mol. The van der Waals surface area contributed by atoms with Crippen LogP contribution < -0.4 is 11.5 Å². The quantitative estimate of drug-likeness (QED) is 0.761. The zero-order valence-electron chi connectivity index (χ0n) is 11.4. The summed E-state index contributed by atoms with van der Waals surface area (Å²) in [6, 6.07) is 1.71. The van der Waals surface area contributed by atoms with Crippen LogP contribution in [-0.4, -0.2) is 44.4 Å². The van der Waals surface area contributed by atoms with Crippen LogP contribution in [0.3, 0.4) is 0 Å². The maximum absolute atomic E-state index is 12.7. The van der Waals surface area contributed by atoms with Crippen molar-refractivity contribution < 1.29 is 17.9 Å². The largest absolute Gasteiger partial charge is 0.398 e. The van der Waals surface area contributed by atoms with Crippen LogP contribution in [0.5, 0.6) is 0 Å². The Balaban J connectivity index is 2.50. The van der Waals surface area contributed by atoms with Crippen LogP contribution in [0.25, 0.3) is 0 Å². The first-order chi connectivity index (χ1) is 9.75. The third-order valence-corrected chi connectivity index (χ3v) is 5.69. The molecule has 1 amide bonds. The third kappa shape index (κ3) is 2.98. The molecule has 0 bridgehead atoms. The van der Waals surface area contributed by atoms with E-state index in [9.17, 15) is 13.2 Å². The molecule has 9 heteroatoms. The number of rotatable bonds is 3. The van der Waals surface area contributed by atoms with Gasteiger partial charge in [0.15, 0.2) is 0 Å². The Morgan fingerprint density at radius 2 is 2.14 bits per heavy atom. The molecular weight excluding hydrogens is 318 g/mol. The number of nitrogen functional groups attached to an aromatic ring is 1. The number of carbonyl (C=O) groups excluding carboxylic acids is 1. The summed E-state index contributed by atoms with van der Waals surface area (Å²) >= 11 is 6.02. The number of benzene rings is 1. The van der Waals surface area contributed by atoms with E-state index in [4.69, 9.17) is 27.8 Å². The van der Waals surface area contributed by atoms with Gasteiger partial charge in [-0.15, -0.1) is 0 Å². The lowest BCUT2D eigenvalue weighted by Gasteiger charge is -2.32. The molecule has 1 aromatic rings. The molecule has 116 valence electrons. The van der Waals surface area contributed by atoms with Gasteiger partial charge < -0.3 is 16.2 Å². The zero-order valence-corrected chi connectivity index (χ0v) is 12.9.